The lowest BCUT2D eigenvalue weighted by atomic mass is 10.0. The van der Waals surface area contributed by atoms with E-state index in [4.69, 9.17) is 17.2 Å². The third-order valence-electron chi connectivity index (χ3n) is 17.3. The second-order valence-corrected chi connectivity index (χ2v) is 27.2. The summed E-state index contributed by atoms with van der Waals surface area (Å²) in [6.45, 7) is 2.82. The molecular weight excluding hydrogens is 1430 g/mol. The van der Waals surface area contributed by atoms with Gasteiger partial charge in [-0.2, -0.15) is 11.8 Å². The maximum atomic E-state index is 14.9. The number of aromatic hydroxyl groups is 1. The summed E-state index contributed by atoms with van der Waals surface area (Å²) >= 11 is 1.27. The van der Waals surface area contributed by atoms with Crippen LogP contribution in [0.4, 0.5) is 0 Å². The fraction of sp³-hybridized carbons (Fsp3) is 0.522. The topological polar surface area (TPSA) is 636 Å². The van der Waals surface area contributed by atoms with Crippen LogP contribution >= 0.6 is 11.8 Å². The van der Waals surface area contributed by atoms with Crippen LogP contribution in [0.2, 0.25) is 0 Å². The van der Waals surface area contributed by atoms with Gasteiger partial charge in [0.25, 0.3) is 0 Å². The maximum absolute atomic E-state index is 14.9. The predicted molar refractivity (Wildman–Crippen MR) is 384 cm³/mol. The van der Waals surface area contributed by atoms with Gasteiger partial charge in [-0.3, -0.25) is 62.3 Å². The molecule has 41 heteroatoms. The summed E-state index contributed by atoms with van der Waals surface area (Å²) in [6.07, 6.45) is 10.7. The Kier molecular flexibility index (Phi) is 34.3. The highest BCUT2D eigenvalue weighted by atomic mass is 32.2. The Hall–Kier alpha value is -11.3. The zero-order valence-electron chi connectivity index (χ0n) is 59.7. The van der Waals surface area contributed by atoms with Gasteiger partial charge in [0.05, 0.1) is 44.4 Å². The van der Waals surface area contributed by atoms with Crippen LogP contribution in [0.3, 0.4) is 0 Å². The number of aliphatic hydroxyl groups excluding tert-OH is 1. The van der Waals surface area contributed by atoms with Gasteiger partial charge in [0, 0.05) is 92.6 Å². The van der Waals surface area contributed by atoms with Crippen LogP contribution < -0.4 is 70.4 Å². The van der Waals surface area contributed by atoms with E-state index in [1.807, 2.05) is 5.32 Å². The second-order valence-electron chi connectivity index (χ2n) is 26.2. The summed E-state index contributed by atoms with van der Waals surface area (Å²) < 4.78 is 0. The number of aromatic nitrogens is 8. The van der Waals surface area contributed by atoms with E-state index in [2.05, 4.69) is 87.7 Å². The first-order chi connectivity index (χ1) is 51.5. The Labute approximate surface area is 623 Å². The fourth-order valence-corrected chi connectivity index (χ4v) is 12.0. The molecule has 40 nitrogen and oxygen atoms in total. The lowest BCUT2D eigenvalue weighted by molar-refractivity contribution is -0.144. The molecule has 6 rings (SSSR count). The van der Waals surface area contributed by atoms with E-state index in [1.54, 1.807) is 32.2 Å². The van der Waals surface area contributed by atoms with Crippen molar-refractivity contribution in [1.29, 1.82) is 0 Å². The molecule has 108 heavy (non-hydrogen) atoms. The molecule has 5 heterocycles. The summed E-state index contributed by atoms with van der Waals surface area (Å²) in [6, 6.07) is -12.2. The standard InChI is InChI=1S/C67H96N22O18S/c1-35(2)19-45(59(98)84-46(21-37-26-71-31-75-37)60(99)80-44(15-18-108-3)58(97)83-48(23-39-28-73-33-77-39)63(102)85-50(25-55(93)94)64(103)88-52(30-90)67(106)107)81-62(101)47(22-38-27-72-32-76-38)82-57(96)43(13-14-54(70)92)79-61(100)49(24-40-29-74-34-78-40)86-65(104)53-8-6-17-89(53)66(105)51(20-36-9-11-41(91)12-10-36)87-56(95)42(69)7-4-5-16-68/h9-12,26-29,31-35,42-53,90-91H,4-8,13-25,30,68-69H2,1-3H3,(H2,70,92)(H,71,75)(H,72,76)(H,73,77)(H,74,78)(H,79,100)(H,80,99)(H,81,101)(H,82,96)(H,83,97)(H,84,98)(H,85,102)(H,86,104)(H,87,95)(H,88,103)(H,93,94)(H,106,107)/t42-,43-,44-,45-,46-,47-,48-,49-,50-,51-,52-,53-/m0/s1. The van der Waals surface area contributed by atoms with E-state index >= 15 is 0 Å². The number of carboxylic acids is 2. The van der Waals surface area contributed by atoms with Crippen molar-refractivity contribution in [2.24, 2.45) is 23.1 Å². The average molecular weight is 1530 g/mol. The number of hydrogen-bond donors (Lipinski definition) is 21. The van der Waals surface area contributed by atoms with E-state index in [0.29, 0.717) is 48.5 Å². The van der Waals surface area contributed by atoms with Gasteiger partial charge in [0.15, 0.2) is 0 Å². The third kappa shape index (κ3) is 27.9. The fourth-order valence-electron chi connectivity index (χ4n) is 11.6. The Morgan fingerprint density at radius 3 is 1.38 bits per heavy atom. The minimum atomic E-state index is -1.93. The SMILES string of the molecule is CSCC[C@H](NC(=O)[C@H](Cc1cnc[nH]1)NC(=O)[C@H](CC(C)C)NC(=O)[C@H](Cc1cnc[nH]1)NC(=O)[C@H](CCC(N)=O)NC(=O)[C@H](Cc1cnc[nH]1)NC(=O)[C@@H]1CCCN1C(=O)[C@H](Cc1ccc(O)cc1)NC(=O)[C@@H](N)CCCCN)C(=O)N[C@@H](Cc1cnc[nH]1)C(=O)N[C@@H](CC(=O)O)C(=O)N[C@@H](CO)C(=O)O. The van der Waals surface area contributed by atoms with E-state index in [1.165, 1.54) is 78.9 Å². The molecule has 5 aromatic rings. The summed E-state index contributed by atoms with van der Waals surface area (Å²) in [5, 5.41) is 64.0. The highest BCUT2D eigenvalue weighted by Crippen LogP contribution is 2.22. The molecule has 0 bridgehead atoms. The molecule has 1 aliphatic rings. The Balaban J connectivity index is 1.22. The quantitative estimate of drug-likeness (QED) is 0.0162. The van der Waals surface area contributed by atoms with Gasteiger partial charge in [0.1, 0.15) is 72.2 Å². The number of nitrogens with one attached hydrogen (secondary N) is 14. The summed E-state index contributed by atoms with van der Waals surface area (Å²) in [5.74, 6) is -14.7. The van der Waals surface area contributed by atoms with Crippen LogP contribution in [-0.4, -0.2) is 252 Å². The number of carboxylic acid groups (broad SMARTS) is 2. The highest BCUT2D eigenvalue weighted by molar-refractivity contribution is 7.98. The number of nitrogens with two attached hydrogens (primary N) is 3. The number of carbonyl (C=O) groups excluding carboxylic acids is 12. The first-order valence-corrected chi connectivity index (χ1v) is 36.2. The summed E-state index contributed by atoms with van der Waals surface area (Å²) in [4.78, 5) is 223. The molecule has 0 aliphatic carbocycles. The van der Waals surface area contributed by atoms with Crippen LogP contribution in [-0.2, 0) is 99.2 Å². The normalized spacial score (nSPS) is 15.7. The number of primary amides is 1. The summed E-state index contributed by atoms with van der Waals surface area (Å²) in [7, 11) is 0. The van der Waals surface area contributed by atoms with E-state index < -0.39 is 181 Å². The number of unbranched alkanes of at least 4 members (excludes halogenated alkanes) is 1. The molecule has 0 spiro atoms. The van der Waals surface area contributed by atoms with Crippen LogP contribution in [0.15, 0.2) is 74.4 Å². The summed E-state index contributed by atoms with van der Waals surface area (Å²) in [5.41, 5.74) is 19.2. The molecule has 12 atom stereocenters. The van der Waals surface area contributed by atoms with Gasteiger partial charge in [-0.15, -0.1) is 0 Å². The molecule has 0 unspecified atom stereocenters. The Bertz CT molecular complexity index is 3790. The van der Waals surface area contributed by atoms with Gasteiger partial charge in [-0.1, -0.05) is 32.4 Å². The number of H-pyrrole nitrogens is 4. The van der Waals surface area contributed by atoms with E-state index in [9.17, 15) is 87.5 Å². The number of aliphatic hydroxyl groups is 1. The number of phenols is 1. The Morgan fingerprint density at radius 1 is 0.537 bits per heavy atom. The second kappa shape index (κ2) is 43.3. The van der Waals surface area contributed by atoms with Crippen molar-refractivity contribution in [1.82, 2.24) is 97.9 Å². The lowest BCUT2D eigenvalue weighted by Gasteiger charge is -2.31. The molecule has 24 N–H and O–H groups in total. The van der Waals surface area contributed by atoms with Gasteiger partial charge in [-0.25, -0.2) is 24.7 Å². The molecule has 1 fully saturated rings. The lowest BCUT2D eigenvalue weighted by Crippen LogP contribution is -2.61. The molecule has 12 amide bonds. The Morgan fingerprint density at radius 2 is 0.954 bits per heavy atom. The van der Waals surface area contributed by atoms with Crippen molar-refractivity contribution < 1.29 is 87.5 Å². The van der Waals surface area contributed by atoms with Crippen molar-refractivity contribution in [3.8, 4) is 5.75 Å². The van der Waals surface area contributed by atoms with E-state index in [0.717, 1.165) is 0 Å². The zero-order chi connectivity index (χ0) is 79.0. The van der Waals surface area contributed by atoms with Gasteiger partial charge in [0.2, 0.25) is 70.9 Å². The number of aliphatic carboxylic acids is 2. The number of benzene rings is 1. The molecule has 1 aromatic carbocycles. The minimum Gasteiger partial charge on any atom is -0.508 e. The number of thioether (sulfide) groups is 1. The number of rotatable bonds is 47. The monoisotopic (exact) mass is 1530 g/mol. The largest absolute Gasteiger partial charge is 0.508 e. The zero-order valence-corrected chi connectivity index (χ0v) is 60.6. The number of likely N-dealkylation sites (tertiary alicyclic amines) is 1. The van der Waals surface area contributed by atoms with Crippen molar-refractivity contribution in [2.75, 3.05) is 31.7 Å². The smallest absolute Gasteiger partial charge is 0.328 e. The van der Waals surface area contributed by atoms with Crippen molar-refractivity contribution in [3.05, 3.63) is 103 Å². The number of phenolic OH excluding ortho intramolecular Hbond substituents is 1. The van der Waals surface area contributed by atoms with Crippen LogP contribution in [0, 0.1) is 5.92 Å². The molecule has 0 saturated carbocycles. The number of aromatic amines is 4. The van der Waals surface area contributed by atoms with E-state index in [-0.39, 0.29) is 87.4 Å². The van der Waals surface area contributed by atoms with Crippen molar-refractivity contribution in [2.45, 2.75) is 183 Å². The first kappa shape index (κ1) is 85.6. The number of nitrogens with zero attached hydrogens (tertiary/aromatic N) is 5. The molecule has 0 radical (unpaired) electrons. The molecule has 1 saturated heterocycles. The maximum Gasteiger partial charge on any atom is 0.328 e. The van der Waals surface area contributed by atoms with Crippen LogP contribution in [0.1, 0.15) is 106 Å². The van der Waals surface area contributed by atoms with Gasteiger partial charge in [-0.05, 0) is 87.1 Å². The average Bonchev–Trinajstić information content (AvgIpc) is 1.60. The van der Waals surface area contributed by atoms with Crippen LogP contribution in [0.5, 0.6) is 5.75 Å². The molecular formula is C67H96N22O18S. The number of hydrogen-bond acceptors (Lipinski definition) is 23. The number of imidazole rings is 4. The first-order valence-electron chi connectivity index (χ1n) is 34.9. The van der Waals surface area contributed by atoms with Gasteiger partial charge >= 0.3 is 11.9 Å². The number of amides is 12. The molecule has 1 aliphatic heterocycles. The van der Waals surface area contributed by atoms with Gasteiger partial charge < -0.3 is 116 Å². The minimum absolute atomic E-state index is 0.0394. The third-order valence-corrected chi connectivity index (χ3v) is 17.9. The molecule has 4 aromatic heterocycles. The molecule has 588 valence electrons. The van der Waals surface area contributed by atoms with Crippen molar-refractivity contribution >= 4 is 94.6 Å². The predicted octanol–water partition coefficient (Wildman–Crippen LogP) is -5.29. The highest BCUT2D eigenvalue weighted by Gasteiger charge is 2.42. The number of carbonyl (C=O) groups is 14. The van der Waals surface area contributed by atoms with Crippen LogP contribution in [0.25, 0.3) is 0 Å². The van der Waals surface area contributed by atoms with Crippen molar-refractivity contribution in [3.63, 3.8) is 0 Å².